The molecule has 1 saturated heterocycles. The lowest BCUT2D eigenvalue weighted by molar-refractivity contribution is 0.0131. The number of aryl methyl sites for hydroxylation is 1. The number of hydrogen-bond acceptors (Lipinski definition) is 6. The molecule has 0 aliphatic carbocycles. The van der Waals surface area contributed by atoms with Crippen LogP contribution < -0.4 is 5.73 Å². The SMILES string of the molecule is CC(C)(C)OC(=O)N1CC(CCCn2nnnc2CN)CC1(C)C. The van der Waals surface area contributed by atoms with Crippen LogP contribution in [-0.4, -0.2) is 48.9 Å². The van der Waals surface area contributed by atoms with E-state index in [0.717, 1.165) is 32.4 Å². The second kappa shape index (κ2) is 7.04. The van der Waals surface area contributed by atoms with Crippen molar-refractivity contribution in [3.8, 4) is 0 Å². The van der Waals surface area contributed by atoms with Crippen molar-refractivity contribution in [1.82, 2.24) is 25.1 Å². The molecular weight excluding hydrogens is 308 g/mol. The minimum absolute atomic E-state index is 0.176. The maximum Gasteiger partial charge on any atom is 0.410 e. The fraction of sp³-hybridized carbons (Fsp3) is 0.875. The van der Waals surface area contributed by atoms with Gasteiger partial charge in [0.05, 0.1) is 6.54 Å². The second-order valence-corrected chi connectivity index (χ2v) is 8.14. The lowest BCUT2D eigenvalue weighted by Gasteiger charge is -2.33. The largest absolute Gasteiger partial charge is 0.444 e. The van der Waals surface area contributed by atoms with Gasteiger partial charge in [-0.15, -0.1) is 5.10 Å². The summed E-state index contributed by atoms with van der Waals surface area (Å²) in [5, 5.41) is 11.5. The van der Waals surface area contributed by atoms with Crippen LogP contribution in [0.1, 0.15) is 59.7 Å². The summed E-state index contributed by atoms with van der Waals surface area (Å²) < 4.78 is 7.30. The Morgan fingerprint density at radius 3 is 2.75 bits per heavy atom. The first-order valence-electron chi connectivity index (χ1n) is 8.58. The van der Waals surface area contributed by atoms with Crippen molar-refractivity contribution in [3.05, 3.63) is 5.82 Å². The molecule has 1 aliphatic heterocycles. The molecule has 2 N–H and O–H groups in total. The van der Waals surface area contributed by atoms with Gasteiger partial charge in [-0.25, -0.2) is 9.48 Å². The Morgan fingerprint density at radius 1 is 1.42 bits per heavy atom. The highest BCUT2D eigenvalue weighted by atomic mass is 16.6. The van der Waals surface area contributed by atoms with Gasteiger partial charge in [0.15, 0.2) is 5.82 Å². The van der Waals surface area contributed by atoms with Gasteiger partial charge in [-0.3, -0.25) is 0 Å². The molecular formula is C16H30N6O2. The summed E-state index contributed by atoms with van der Waals surface area (Å²) in [5.41, 5.74) is 4.96. The van der Waals surface area contributed by atoms with Gasteiger partial charge in [0, 0.05) is 18.6 Å². The Balaban J connectivity index is 1.86. The van der Waals surface area contributed by atoms with Crippen LogP contribution in [0.25, 0.3) is 0 Å². The summed E-state index contributed by atoms with van der Waals surface area (Å²) in [4.78, 5) is 14.3. The molecule has 1 atom stereocenters. The number of likely N-dealkylation sites (tertiary alicyclic amines) is 1. The Labute approximate surface area is 143 Å². The van der Waals surface area contributed by atoms with Crippen LogP contribution in [0.2, 0.25) is 0 Å². The Kier molecular flexibility index (Phi) is 5.47. The molecule has 1 aliphatic rings. The molecule has 2 heterocycles. The maximum atomic E-state index is 12.4. The molecule has 1 amide bonds. The number of hydrogen-bond donors (Lipinski definition) is 1. The second-order valence-electron chi connectivity index (χ2n) is 8.14. The number of nitrogens with zero attached hydrogens (tertiary/aromatic N) is 5. The molecule has 1 aromatic rings. The van der Waals surface area contributed by atoms with Gasteiger partial charge in [0.1, 0.15) is 5.60 Å². The van der Waals surface area contributed by atoms with E-state index in [9.17, 15) is 4.79 Å². The molecule has 0 saturated carbocycles. The maximum absolute atomic E-state index is 12.4. The number of nitrogens with two attached hydrogens (primary N) is 1. The normalized spacial score (nSPS) is 20.4. The smallest absolute Gasteiger partial charge is 0.410 e. The highest BCUT2D eigenvalue weighted by molar-refractivity contribution is 5.69. The molecule has 1 aromatic heterocycles. The molecule has 1 unspecified atom stereocenters. The summed E-state index contributed by atoms with van der Waals surface area (Å²) in [5.74, 6) is 1.17. The molecule has 24 heavy (non-hydrogen) atoms. The van der Waals surface area contributed by atoms with Crippen LogP contribution in [-0.2, 0) is 17.8 Å². The van der Waals surface area contributed by atoms with E-state index < -0.39 is 5.60 Å². The lowest BCUT2D eigenvalue weighted by Crippen LogP contribution is -2.45. The van der Waals surface area contributed by atoms with E-state index in [0.29, 0.717) is 18.3 Å². The molecule has 136 valence electrons. The van der Waals surface area contributed by atoms with Crippen LogP contribution in [0, 0.1) is 5.92 Å². The van der Waals surface area contributed by atoms with Gasteiger partial charge in [-0.05, 0) is 70.2 Å². The van der Waals surface area contributed by atoms with Gasteiger partial charge in [-0.2, -0.15) is 0 Å². The summed E-state index contributed by atoms with van der Waals surface area (Å²) in [6, 6.07) is 0. The predicted molar refractivity (Wildman–Crippen MR) is 90.1 cm³/mol. The van der Waals surface area contributed by atoms with E-state index in [1.165, 1.54) is 0 Å². The predicted octanol–water partition coefficient (Wildman–Crippen LogP) is 1.95. The van der Waals surface area contributed by atoms with Crippen LogP contribution in [0.3, 0.4) is 0 Å². The van der Waals surface area contributed by atoms with Crippen LogP contribution in [0.4, 0.5) is 4.79 Å². The fourth-order valence-corrected chi connectivity index (χ4v) is 3.29. The minimum Gasteiger partial charge on any atom is -0.444 e. The van der Waals surface area contributed by atoms with Gasteiger partial charge in [-0.1, -0.05) is 0 Å². The standard InChI is InChI=1S/C16H30N6O2/c1-15(2,3)24-14(23)21-11-12(9-16(21,4)5)7-6-8-22-13(10-17)18-19-20-22/h12H,6-11,17H2,1-5H3. The van der Waals surface area contributed by atoms with E-state index in [1.807, 2.05) is 25.7 Å². The van der Waals surface area contributed by atoms with E-state index >= 15 is 0 Å². The van der Waals surface area contributed by atoms with Crippen LogP contribution in [0.5, 0.6) is 0 Å². The molecule has 0 spiro atoms. The Hall–Kier alpha value is -1.70. The first-order valence-corrected chi connectivity index (χ1v) is 8.58. The number of tetrazole rings is 1. The summed E-state index contributed by atoms with van der Waals surface area (Å²) in [6.45, 7) is 11.7. The third-order valence-electron chi connectivity index (χ3n) is 4.34. The first kappa shape index (κ1) is 18.6. The molecule has 1 fully saturated rings. The molecule has 8 nitrogen and oxygen atoms in total. The number of amides is 1. The van der Waals surface area contributed by atoms with Crippen molar-refractivity contribution in [3.63, 3.8) is 0 Å². The van der Waals surface area contributed by atoms with Crippen molar-refractivity contribution in [2.75, 3.05) is 6.54 Å². The van der Waals surface area contributed by atoms with Crippen molar-refractivity contribution in [1.29, 1.82) is 0 Å². The van der Waals surface area contributed by atoms with E-state index in [2.05, 4.69) is 29.4 Å². The van der Waals surface area contributed by atoms with E-state index in [4.69, 9.17) is 10.5 Å². The van der Waals surface area contributed by atoms with E-state index in [-0.39, 0.29) is 11.6 Å². The Bertz CT molecular complexity index is 563. The number of aromatic nitrogens is 4. The zero-order valence-electron chi connectivity index (χ0n) is 15.4. The van der Waals surface area contributed by atoms with Crippen molar-refractivity contribution < 1.29 is 9.53 Å². The third kappa shape index (κ3) is 4.66. The number of ether oxygens (including phenoxy) is 1. The lowest BCUT2D eigenvalue weighted by atomic mass is 9.93. The first-order chi connectivity index (χ1) is 11.1. The molecule has 2 rings (SSSR count). The molecule has 0 aromatic carbocycles. The third-order valence-corrected chi connectivity index (χ3v) is 4.34. The minimum atomic E-state index is -0.468. The average molecular weight is 338 g/mol. The average Bonchev–Trinajstić information content (AvgIpc) is 3.00. The van der Waals surface area contributed by atoms with Crippen molar-refractivity contribution in [2.45, 2.75) is 78.1 Å². The van der Waals surface area contributed by atoms with E-state index in [1.54, 1.807) is 4.68 Å². The molecule has 0 bridgehead atoms. The summed E-state index contributed by atoms with van der Waals surface area (Å²) >= 11 is 0. The monoisotopic (exact) mass is 338 g/mol. The fourth-order valence-electron chi connectivity index (χ4n) is 3.29. The van der Waals surface area contributed by atoms with Crippen molar-refractivity contribution in [2.24, 2.45) is 11.7 Å². The summed E-state index contributed by atoms with van der Waals surface area (Å²) in [7, 11) is 0. The van der Waals surface area contributed by atoms with Crippen molar-refractivity contribution >= 4 is 6.09 Å². The van der Waals surface area contributed by atoms with Gasteiger partial charge >= 0.3 is 6.09 Å². The molecule has 0 radical (unpaired) electrons. The quantitative estimate of drug-likeness (QED) is 0.881. The van der Waals surface area contributed by atoms with Gasteiger partial charge < -0.3 is 15.4 Å². The number of rotatable bonds is 5. The zero-order valence-corrected chi connectivity index (χ0v) is 15.4. The number of carbonyl (C=O) groups excluding carboxylic acids is 1. The van der Waals surface area contributed by atoms with Gasteiger partial charge in [0.25, 0.3) is 0 Å². The highest BCUT2D eigenvalue weighted by Gasteiger charge is 2.42. The Morgan fingerprint density at radius 2 is 2.12 bits per heavy atom. The summed E-state index contributed by atoms with van der Waals surface area (Å²) in [6.07, 6.45) is 2.74. The highest BCUT2D eigenvalue weighted by Crippen LogP contribution is 2.36. The zero-order chi connectivity index (χ0) is 18.0. The van der Waals surface area contributed by atoms with Gasteiger partial charge in [0.2, 0.25) is 0 Å². The van der Waals surface area contributed by atoms with Crippen LogP contribution >= 0.6 is 0 Å². The topological polar surface area (TPSA) is 99.2 Å². The molecule has 8 heteroatoms. The van der Waals surface area contributed by atoms with Crippen LogP contribution in [0.15, 0.2) is 0 Å². The number of carbonyl (C=O) groups is 1.